The molecule has 0 radical (unpaired) electrons. The third-order valence-electron chi connectivity index (χ3n) is 4.41. The highest BCUT2D eigenvalue weighted by atomic mass is 16.5. The molecule has 30 heavy (non-hydrogen) atoms. The van der Waals surface area contributed by atoms with Gasteiger partial charge in [0, 0.05) is 25.4 Å². The van der Waals surface area contributed by atoms with Gasteiger partial charge in [0.1, 0.15) is 0 Å². The van der Waals surface area contributed by atoms with Crippen LogP contribution in [0.3, 0.4) is 0 Å². The molecule has 0 bridgehead atoms. The number of hydrogen-bond acceptors (Lipinski definition) is 5. The number of rotatable bonds is 10. The Morgan fingerprint density at radius 1 is 1.23 bits per heavy atom. The second-order valence-corrected chi connectivity index (χ2v) is 6.67. The van der Waals surface area contributed by atoms with Crippen LogP contribution in [-0.4, -0.2) is 40.3 Å². The molecule has 1 amide bonds. The lowest BCUT2D eigenvalue weighted by molar-refractivity contribution is -0.116. The number of fused-ring (bicyclic) bond motifs is 1. The zero-order valence-electron chi connectivity index (χ0n) is 17.2. The number of pyridine rings is 1. The fraction of sp³-hybridized carbons (Fsp3) is 0.318. The van der Waals surface area contributed by atoms with Crippen LogP contribution in [0.1, 0.15) is 25.3 Å². The molecule has 0 atom stereocenters. The van der Waals surface area contributed by atoms with Crippen LogP contribution >= 0.6 is 0 Å². The Morgan fingerprint density at radius 3 is 2.87 bits per heavy atom. The lowest BCUT2D eigenvalue weighted by atomic mass is 10.2. The molecule has 2 aromatic heterocycles. The van der Waals surface area contributed by atoms with Gasteiger partial charge in [0.25, 0.3) is 0 Å². The van der Waals surface area contributed by atoms with E-state index in [4.69, 9.17) is 9.47 Å². The molecular formula is C22H26N4O4. The summed E-state index contributed by atoms with van der Waals surface area (Å²) in [4.78, 5) is 24.3. The Balaban J connectivity index is 1.48. The fourth-order valence-corrected chi connectivity index (χ4v) is 2.90. The number of benzene rings is 1. The Bertz CT molecular complexity index is 1080. The molecule has 0 saturated heterocycles. The lowest BCUT2D eigenvalue weighted by Crippen LogP contribution is -2.26. The van der Waals surface area contributed by atoms with E-state index in [2.05, 4.69) is 10.4 Å². The maximum atomic E-state index is 12.2. The van der Waals surface area contributed by atoms with Crippen molar-refractivity contribution in [2.45, 2.75) is 26.3 Å². The van der Waals surface area contributed by atoms with E-state index in [1.54, 1.807) is 31.5 Å². The molecule has 0 aliphatic heterocycles. The fourth-order valence-electron chi connectivity index (χ4n) is 2.90. The molecule has 0 aliphatic rings. The van der Waals surface area contributed by atoms with Crippen molar-refractivity contribution in [1.29, 1.82) is 0 Å². The first-order valence-electron chi connectivity index (χ1n) is 9.93. The largest absolute Gasteiger partial charge is 0.493 e. The van der Waals surface area contributed by atoms with Crippen molar-refractivity contribution in [3.63, 3.8) is 0 Å². The van der Waals surface area contributed by atoms with E-state index in [-0.39, 0.29) is 11.6 Å². The number of aromatic nitrogens is 3. The molecule has 2 heterocycles. The lowest BCUT2D eigenvalue weighted by Gasteiger charge is -2.10. The van der Waals surface area contributed by atoms with Crippen molar-refractivity contribution in [1.82, 2.24) is 19.5 Å². The van der Waals surface area contributed by atoms with Gasteiger partial charge in [-0.15, -0.1) is 5.10 Å². The summed E-state index contributed by atoms with van der Waals surface area (Å²) in [7, 11) is 1.59. The smallest absolute Gasteiger partial charge is 0.350 e. The summed E-state index contributed by atoms with van der Waals surface area (Å²) < 4.78 is 13.9. The topological polar surface area (TPSA) is 86.9 Å². The maximum Gasteiger partial charge on any atom is 0.350 e. The summed E-state index contributed by atoms with van der Waals surface area (Å²) >= 11 is 0. The van der Waals surface area contributed by atoms with Gasteiger partial charge >= 0.3 is 5.69 Å². The van der Waals surface area contributed by atoms with E-state index in [9.17, 15) is 9.59 Å². The van der Waals surface area contributed by atoms with Crippen LogP contribution < -0.4 is 20.5 Å². The molecule has 158 valence electrons. The molecule has 0 aliphatic carbocycles. The highest BCUT2D eigenvalue weighted by Crippen LogP contribution is 2.28. The molecule has 0 spiro atoms. The minimum absolute atomic E-state index is 0.183. The van der Waals surface area contributed by atoms with Gasteiger partial charge in [0.2, 0.25) is 5.91 Å². The van der Waals surface area contributed by atoms with Gasteiger partial charge in [0.05, 0.1) is 13.7 Å². The number of carbonyl (C=O) groups excluding carboxylic acids is 1. The molecule has 3 aromatic rings. The third kappa shape index (κ3) is 5.28. The highest BCUT2D eigenvalue weighted by Gasteiger charge is 2.06. The molecule has 3 rings (SSSR count). The summed E-state index contributed by atoms with van der Waals surface area (Å²) in [5.41, 5.74) is 1.26. The molecule has 0 unspecified atom stereocenters. The predicted molar refractivity (Wildman–Crippen MR) is 115 cm³/mol. The maximum absolute atomic E-state index is 12.2. The first-order chi connectivity index (χ1) is 14.6. The van der Waals surface area contributed by atoms with Gasteiger partial charge in [-0.25, -0.2) is 9.48 Å². The molecule has 0 fully saturated rings. The monoisotopic (exact) mass is 410 g/mol. The first-order valence-corrected chi connectivity index (χ1v) is 9.93. The van der Waals surface area contributed by atoms with Gasteiger partial charge in [-0.2, -0.15) is 0 Å². The summed E-state index contributed by atoms with van der Waals surface area (Å²) in [6.07, 6.45) is 6.38. The van der Waals surface area contributed by atoms with Gasteiger partial charge in [-0.1, -0.05) is 19.1 Å². The molecule has 8 heteroatoms. The average Bonchev–Trinajstić information content (AvgIpc) is 3.09. The Hall–Kier alpha value is -3.55. The van der Waals surface area contributed by atoms with Crippen LogP contribution in [-0.2, 0) is 11.3 Å². The van der Waals surface area contributed by atoms with Crippen LogP contribution in [0, 0.1) is 0 Å². The predicted octanol–water partition coefficient (Wildman–Crippen LogP) is 2.51. The summed E-state index contributed by atoms with van der Waals surface area (Å²) in [6, 6.07) is 10.9. The summed E-state index contributed by atoms with van der Waals surface area (Å²) in [5, 5.41) is 7.08. The van der Waals surface area contributed by atoms with Gasteiger partial charge < -0.3 is 14.8 Å². The van der Waals surface area contributed by atoms with Crippen molar-refractivity contribution in [2.24, 2.45) is 0 Å². The van der Waals surface area contributed by atoms with Gasteiger partial charge in [-0.3, -0.25) is 9.20 Å². The van der Waals surface area contributed by atoms with Gasteiger partial charge in [0.15, 0.2) is 17.1 Å². The zero-order valence-corrected chi connectivity index (χ0v) is 17.2. The molecule has 1 N–H and O–H groups in total. The zero-order chi connectivity index (χ0) is 21.3. The van der Waals surface area contributed by atoms with Crippen LogP contribution in [0.2, 0.25) is 0 Å². The first kappa shape index (κ1) is 21.2. The number of hydrogen-bond donors (Lipinski definition) is 1. The minimum atomic E-state index is -0.206. The molecule has 1 aromatic carbocycles. The Kier molecular flexibility index (Phi) is 7.26. The van der Waals surface area contributed by atoms with E-state index in [1.165, 1.54) is 15.2 Å². The average molecular weight is 410 g/mol. The second-order valence-electron chi connectivity index (χ2n) is 6.67. The Labute approximate surface area is 174 Å². The van der Waals surface area contributed by atoms with Gasteiger partial charge in [-0.05, 0) is 48.7 Å². The van der Waals surface area contributed by atoms with Crippen LogP contribution in [0.5, 0.6) is 11.5 Å². The molecule has 0 saturated carbocycles. The van der Waals surface area contributed by atoms with E-state index in [0.717, 1.165) is 12.0 Å². The van der Waals surface area contributed by atoms with E-state index < -0.39 is 0 Å². The number of nitrogens with zero attached hydrogens (tertiary/aromatic N) is 3. The van der Waals surface area contributed by atoms with Crippen LogP contribution in [0.15, 0.2) is 53.5 Å². The van der Waals surface area contributed by atoms with Crippen molar-refractivity contribution in [3.8, 4) is 11.5 Å². The number of carbonyl (C=O) groups is 1. The quantitative estimate of drug-likeness (QED) is 0.410. The van der Waals surface area contributed by atoms with E-state index in [1.807, 2.05) is 31.2 Å². The van der Waals surface area contributed by atoms with Crippen LogP contribution in [0.4, 0.5) is 0 Å². The normalized spacial score (nSPS) is 11.1. The van der Waals surface area contributed by atoms with Crippen molar-refractivity contribution >= 4 is 17.6 Å². The number of amides is 1. The SMILES string of the molecule is CCCOc1ccc(/C=C/C(=O)NCCCn2nc3ccccn3c2=O)cc1OC. The second kappa shape index (κ2) is 10.3. The molecule has 8 nitrogen and oxygen atoms in total. The number of aryl methyl sites for hydroxylation is 1. The number of ether oxygens (including phenoxy) is 2. The minimum Gasteiger partial charge on any atom is -0.493 e. The van der Waals surface area contributed by atoms with Crippen molar-refractivity contribution < 1.29 is 14.3 Å². The summed E-state index contributed by atoms with van der Waals surface area (Å²) in [6.45, 7) is 3.53. The van der Waals surface area contributed by atoms with E-state index >= 15 is 0 Å². The van der Waals surface area contributed by atoms with Crippen molar-refractivity contribution in [3.05, 3.63) is 64.7 Å². The highest BCUT2D eigenvalue weighted by molar-refractivity contribution is 5.91. The van der Waals surface area contributed by atoms with Crippen LogP contribution in [0.25, 0.3) is 11.7 Å². The number of methoxy groups -OCH3 is 1. The number of nitrogens with one attached hydrogen (secondary N) is 1. The Morgan fingerprint density at radius 2 is 2.10 bits per heavy atom. The standard InChI is InChI=1S/C22H26N4O4/c1-3-15-30-18-10-8-17(16-19(18)29-2)9-11-21(27)23-12-6-14-26-22(28)25-13-5-4-7-20(25)24-26/h4-5,7-11,13,16H,3,6,12,14-15H2,1-2H3,(H,23,27)/b11-9+. The van der Waals surface area contributed by atoms with E-state index in [0.29, 0.717) is 43.3 Å². The molecular weight excluding hydrogens is 384 g/mol. The third-order valence-corrected chi connectivity index (χ3v) is 4.41. The summed E-state index contributed by atoms with van der Waals surface area (Å²) in [5.74, 6) is 1.11. The van der Waals surface area contributed by atoms with Crippen molar-refractivity contribution in [2.75, 3.05) is 20.3 Å².